The Morgan fingerprint density at radius 3 is 2.28 bits per heavy atom. The van der Waals surface area contributed by atoms with Gasteiger partial charge in [-0.2, -0.15) is 0 Å². The summed E-state index contributed by atoms with van der Waals surface area (Å²) in [5.41, 5.74) is 0.586. The van der Waals surface area contributed by atoms with E-state index in [1.807, 2.05) is 0 Å². The first-order chi connectivity index (χ1) is 17.5. The number of nitrogens with zero attached hydrogens (tertiary/aromatic N) is 2. The van der Waals surface area contributed by atoms with E-state index in [0.717, 1.165) is 51.4 Å². The summed E-state index contributed by atoms with van der Waals surface area (Å²) in [5.74, 6) is -0.745. The van der Waals surface area contributed by atoms with Gasteiger partial charge in [-0.25, -0.2) is 9.37 Å². The zero-order valence-corrected chi connectivity index (χ0v) is 20.6. The second-order valence-corrected chi connectivity index (χ2v) is 9.80. The van der Waals surface area contributed by atoms with Gasteiger partial charge >= 0.3 is 0 Å². The van der Waals surface area contributed by atoms with Gasteiger partial charge in [0.05, 0.1) is 0 Å². The highest BCUT2D eigenvalue weighted by molar-refractivity contribution is 5.94. The summed E-state index contributed by atoms with van der Waals surface area (Å²) in [5, 5.41) is 5.88. The van der Waals surface area contributed by atoms with Gasteiger partial charge in [0.1, 0.15) is 17.7 Å². The van der Waals surface area contributed by atoms with E-state index in [0.29, 0.717) is 11.4 Å². The summed E-state index contributed by atoms with van der Waals surface area (Å²) in [6.45, 7) is 0. The number of halogens is 1. The van der Waals surface area contributed by atoms with Crippen molar-refractivity contribution in [3.63, 3.8) is 0 Å². The van der Waals surface area contributed by atoms with Crippen LogP contribution in [0.5, 0.6) is 0 Å². The topological polar surface area (TPSA) is 91.4 Å². The van der Waals surface area contributed by atoms with Crippen molar-refractivity contribution in [1.29, 1.82) is 0 Å². The van der Waals surface area contributed by atoms with E-state index < -0.39 is 11.9 Å². The first kappa shape index (κ1) is 25.8. The molecule has 0 bridgehead atoms. The highest BCUT2D eigenvalue weighted by atomic mass is 19.1. The fourth-order valence-corrected chi connectivity index (χ4v) is 5.34. The van der Waals surface area contributed by atoms with E-state index in [9.17, 15) is 18.8 Å². The summed E-state index contributed by atoms with van der Waals surface area (Å²) in [7, 11) is 0. The summed E-state index contributed by atoms with van der Waals surface area (Å²) in [4.78, 5) is 45.6. The van der Waals surface area contributed by atoms with Crippen LogP contribution in [0.1, 0.15) is 82.2 Å². The number of amides is 3. The first-order valence-electron chi connectivity index (χ1n) is 13.1. The lowest BCUT2D eigenvalue weighted by molar-refractivity contribution is -0.144. The van der Waals surface area contributed by atoms with Crippen LogP contribution in [0.15, 0.2) is 48.7 Å². The number of carbonyl (C=O) groups excluding carboxylic acids is 3. The minimum atomic E-state index is -0.859. The van der Waals surface area contributed by atoms with Crippen LogP contribution in [-0.4, -0.2) is 39.7 Å². The van der Waals surface area contributed by atoms with Crippen LogP contribution in [0.25, 0.3) is 0 Å². The smallest absolute Gasteiger partial charge is 0.247 e. The average molecular weight is 495 g/mol. The summed E-state index contributed by atoms with van der Waals surface area (Å²) < 4.78 is 13.7. The molecule has 3 amide bonds. The van der Waals surface area contributed by atoms with Crippen LogP contribution >= 0.6 is 0 Å². The number of aromatic nitrogens is 1. The first-order valence-corrected chi connectivity index (χ1v) is 13.1. The Bertz CT molecular complexity index is 1020. The minimum absolute atomic E-state index is 0.0149. The maximum atomic E-state index is 13.7. The van der Waals surface area contributed by atoms with E-state index in [4.69, 9.17) is 0 Å². The zero-order valence-electron chi connectivity index (χ0n) is 20.6. The van der Waals surface area contributed by atoms with E-state index >= 15 is 0 Å². The molecule has 0 aliphatic heterocycles. The Labute approximate surface area is 211 Å². The Kier molecular flexibility index (Phi) is 9.03. The Hall–Kier alpha value is -3.29. The lowest BCUT2D eigenvalue weighted by Crippen LogP contribution is -2.50. The standard InChI is InChI=1S/C28H35FN4O3/c29-21-15-13-20(14-16-21)27(28(36)31-22-8-2-1-3-9-22)33(23-10-4-5-11-23)26(35)18-17-25(34)32-24-12-6-7-19-30-24/h6-7,12-16,19,22-23,27H,1-5,8-11,17-18H2,(H,31,36)(H,30,32,34)/t27-/m1/s1. The van der Waals surface area contributed by atoms with E-state index in [2.05, 4.69) is 15.6 Å². The number of nitrogens with one attached hydrogen (secondary N) is 2. The Morgan fingerprint density at radius 1 is 0.917 bits per heavy atom. The lowest BCUT2D eigenvalue weighted by Gasteiger charge is -2.37. The fourth-order valence-electron chi connectivity index (χ4n) is 5.34. The van der Waals surface area contributed by atoms with Gasteiger partial charge < -0.3 is 15.5 Å². The molecule has 192 valence electrons. The molecule has 36 heavy (non-hydrogen) atoms. The molecule has 0 saturated heterocycles. The maximum Gasteiger partial charge on any atom is 0.247 e. The molecule has 1 aromatic carbocycles. The van der Waals surface area contributed by atoms with Gasteiger partial charge in [0.25, 0.3) is 0 Å². The predicted octanol–water partition coefficient (Wildman–Crippen LogP) is 4.90. The molecule has 1 aromatic heterocycles. The molecule has 0 unspecified atom stereocenters. The minimum Gasteiger partial charge on any atom is -0.351 e. The third-order valence-corrected chi connectivity index (χ3v) is 7.17. The molecule has 2 aliphatic rings. The van der Waals surface area contributed by atoms with Gasteiger partial charge in [-0.1, -0.05) is 50.3 Å². The second-order valence-electron chi connectivity index (χ2n) is 9.80. The molecular weight excluding hydrogens is 459 g/mol. The molecule has 1 heterocycles. The Balaban J connectivity index is 1.53. The third kappa shape index (κ3) is 6.89. The molecule has 7 nitrogen and oxygen atoms in total. The van der Waals surface area contributed by atoms with E-state index in [1.54, 1.807) is 41.4 Å². The highest BCUT2D eigenvalue weighted by Crippen LogP contribution is 2.33. The van der Waals surface area contributed by atoms with Gasteiger partial charge in [0.2, 0.25) is 17.7 Å². The van der Waals surface area contributed by atoms with Crippen LogP contribution in [0, 0.1) is 5.82 Å². The van der Waals surface area contributed by atoms with Gasteiger partial charge in [0.15, 0.2) is 0 Å². The molecule has 2 saturated carbocycles. The van der Waals surface area contributed by atoms with Crippen molar-refractivity contribution in [3.8, 4) is 0 Å². The molecule has 4 rings (SSSR count). The predicted molar refractivity (Wildman–Crippen MR) is 135 cm³/mol. The molecule has 0 radical (unpaired) electrons. The van der Waals surface area contributed by atoms with Crippen molar-refractivity contribution in [2.24, 2.45) is 0 Å². The van der Waals surface area contributed by atoms with Crippen molar-refractivity contribution < 1.29 is 18.8 Å². The number of rotatable bonds is 9. The number of benzene rings is 1. The largest absolute Gasteiger partial charge is 0.351 e. The molecule has 8 heteroatoms. The van der Waals surface area contributed by atoms with Crippen LogP contribution in [0.4, 0.5) is 10.2 Å². The molecule has 2 N–H and O–H groups in total. The van der Waals surface area contributed by atoms with Gasteiger partial charge in [-0.15, -0.1) is 0 Å². The molecule has 2 aliphatic carbocycles. The monoisotopic (exact) mass is 494 g/mol. The average Bonchev–Trinajstić information content (AvgIpc) is 3.42. The number of carbonyl (C=O) groups is 3. The molecule has 0 spiro atoms. The summed E-state index contributed by atoms with van der Waals surface area (Å²) >= 11 is 0. The quantitative estimate of drug-likeness (QED) is 0.519. The summed E-state index contributed by atoms with van der Waals surface area (Å²) in [6.07, 6.45) is 10.3. The maximum absolute atomic E-state index is 13.7. The normalized spacial score (nSPS) is 17.4. The number of hydrogen-bond acceptors (Lipinski definition) is 4. The van der Waals surface area contributed by atoms with Crippen LogP contribution in [0.2, 0.25) is 0 Å². The summed E-state index contributed by atoms with van der Waals surface area (Å²) in [6, 6.07) is 10.2. The molecule has 2 fully saturated rings. The van der Waals surface area contributed by atoms with Crippen molar-refractivity contribution in [2.75, 3.05) is 5.32 Å². The van der Waals surface area contributed by atoms with Gasteiger partial charge in [0, 0.05) is 31.1 Å². The number of anilines is 1. The van der Waals surface area contributed by atoms with Gasteiger partial charge in [-0.05, 0) is 55.5 Å². The third-order valence-electron chi connectivity index (χ3n) is 7.17. The van der Waals surface area contributed by atoms with Crippen molar-refractivity contribution in [3.05, 3.63) is 60.0 Å². The SMILES string of the molecule is O=C(CCC(=O)N(C1CCCC1)[C@@H](C(=O)NC1CCCCC1)c1ccc(F)cc1)Nc1ccccn1. The number of pyridine rings is 1. The van der Waals surface area contributed by atoms with Crippen molar-refractivity contribution in [1.82, 2.24) is 15.2 Å². The van der Waals surface area contributed by atoms with Crippen molar-refractivity contribution >= 4 is 23.5 Å². The molecule has 2 aromatic rings. The van der Waals surface area contributed by atoms with Crippen LogP contribution in [0.3, 0.4) is 0 Å². The van der Waals surface area contributed by atoms with Gasteiger partial charge in [-0.3, -0.25) is 14.4 Å². The molecular formula is C28H35FN4O3. The fraction of sp³-hybridized carbons (Fsp3) is 0.500. The second kappa shape index (κ2) is 12.6. The molecule has 1 atom stereocenters. The van der Waals surface area contributed by atoms with Crippen molar-refractivity contribution in [2.45, 2.75) is 88.8 Å². The van der Waals surface area contributed by atoms with E-state index in [-0.39, 0.29) is 42.6 Å². The number of hydrogen-bond donors (Lipinski definition) is 2. The van der Waals surface area contributed by atoms with Crippen LogP contribution < -0.4 is 10.6 Å². The Morgan fingerprint density at radius 2 is 1.61 bits per heavy atom. The highest BCUT2D eigenvalue weighted by Gasteiger charge is 2.38. The van der Waals surface area contributed by atoms with E-state index in [1.165, 1.54) is 18.6 Å². The van der Waals surface area contributed by atoms with Crippen LogP contribution in [-0.2, 0) is 14.4 Å². The zero-order chi connectivity index (χ0) is 25.3. The lowest BCUT2D eigenvalue weighted by atomic mass is 9.94.